The Kier molecular flexibility index (Phi) is 5.28. The fourth-order valence-corrected chi connectivity index (χ4v) is 4.60. The maximum atomic E-state index is 2.44. The molecule has 0 radical (unpaired) electrons. The molecule has 0 spiro atoms. The fourth-order valence-electron chi connectivity index (χ4n) is 4.60. The van der Waals surface area contributed by atoms with Crippen molar-refractivity contribution in [3.05, 3.63) is 108 Å². The summed E-state index contributed by atoms with van der Waals surface area (Å²) in [6, 6.07) is 34.8. The van der Waals surface area contributed by atoms with Crippen molar-refractivity contribution in [2.24, 2.45) is 0 Å². The molecule has 0 amide bonds. The average molecular weight is 417 g/mol. The number of aryl methyl sites for hydroxylation is 1. The molecule has 0 fully saturated rings. The molecule has 32 heavy (non-hydrogen) atoms. The van der Waals surface area contributed by atoms with Crippen molar-refractivity contribution in [1.82, 2.24) is 4.57 Å². The normalized spacial score (nSPS) is 11.1. The number of fused-ring (bicyclic) bond motifs is 3. The Hall–Kier alpha value is -3.78. The van der Waals surface area contributed by atoms with Gasteiger partial charge in [-0.3, -0.25) is 0 Å². The van der Waals surface area contributed by atoms with E-state index in [0.29, 0.717) is 0 Å². The van der Waals surface area contributed by atoms with E-state index in [4.69, 9.17) is 0 Å². The predicted molar refractivity (Wildman–Crippen MR) is 139 cm³/mol. The second kappa shape index (κ2) is 8.39. The van der Waals surface area contributed by atoms with Gasteiger partial charge in [-0.2, -0.15) is 0 Å². The van der Waals surface area contributed by atoms with Gasteiger partial charge in [-0.05, 0) is 68.8 Å². The Bertz CT molecular complexity index is 1370. The van der Waals surface area contributed by atoms with Crippen molar-refractivity contribution in [2.75, 3.05) is 4.90 Å². The highest BCUT2D eigenvalue weighted by molar-refractivity contribution is 6.09. The number of hydrogen-bond donors (Lipinski definition) is 0. The Morgan fingerprint density at radius 2 is 1.25 bits per heavy atom. The van der Waals surface area contributed by atoms with Crippen molar-refractivity contribution in [1.29, 1.82) is 0 Å². The molecule has 2 nitrogen and oxygen atoms in total. The summed E-state index contributed by atoms with van der Waals surface area (Å²) < 4.78 is 2.44. The second-order valence-corrected chi connectivity index (χ2v) is 8.45. The summed E-state index contributed by atoms with van der Waals surface area (Å²) in [5.41, 5.74) is 8.60. The standard InChI is InChI=1S/C30H28N2/c1-4-31-29-20-23(19-22(2)3)15-17-27(29)28-18-16-26(21-30(28)31)32(24-11-7-5-8-12-24)25-13-9-6-10-14-25/h5-21H,4H2,1-3H3. The summed E-state index contributed by atoms with van der Waals surface area (Å²) in [5.74, 6) is 0. The molecule has 1 aromatic heterocycles. The summed E-state index contributed by atoms with van der Waals surface area (Å²) in [7, 11) is 0. The van der Waals surface area contributed by atoms with Crippen LogP contribution >= 0.6 is 0 Å². The SMILES string of the molecule is CCn1c2cc(C=C(C)C)ccc2c2ccc(N(c3ccccc3)c3ccccc3)cc21. The third-order valence-corrected chi connectivity index (χ3v) is 5.93. The summed E-state index contributed by atoms with van der Waals surface area (Å²) in [6.45, 7) is 7.45. The van der Waals surface area contributed by atoms with Crippen molar-refractivity contribution >= 4 is 44.9 Å². The minimum atomic E-state index is 0.929. The number of anilines is 3. The van der Waals surface area contributed by atoms with Gasteiger partial charge in [-0.25, -0.2) is 0 Å². The van der Waals surface area contributed by atoms with Crippen molar-refractivity contribution < 1.29 is 0 Å². The third-order valence-electron chi connectivity index (χ3n) is 5.93. The van der Waals surface area contributed by atoms with E-state index in [1.165, 1.54) is 32.9 Å². The Morgan fingerprint density at radius 3 is 1.81 bits per heavy atom. The number of rotatable bonds is 5. The van der Waals surface area contributed by atoms with Crippen molar-refractivity contribution in [3.8, 4) is 0 Å². The molecule has 0 N–H and O–H groups in total. The second-order valence-electron chi connectivity index (χ2n) is 8.45. The highest BCUT2D eigenvalue weighted by Gasteiger charge is 2.16. The van der Waals surface area contributed by atoms with Crippen molar-refractivity contribution in [2.45, 2.75) is 27.3 Å². The largest absolute Gasteiger partial charge is 0.341 e. The first-order valence-electron chi connectivity index (χ1n) is 11.3. The van der Waals surface area contributed by atoms with E-state index < -0.39 is 0 Å². The van der Waals surface area contributed by atoms with Gasteiger partial charge in [-0.15, -0.1) is 0 Å². The molecule has 0 saturated heterocycles. The first-order valence-corrected chi connectivity index (χ1v) is 11.3. The Balaban J connectivity index is 1.74. The Labute approximate surface area is 190 Å². The van der Waals surface area contributed by atoms with Crippen LogP contribution in [0.1, 0.15) is 26.3 Å². The van der Waals surface area contributed by atoms with Crippen molar-refractivity contribution in [3.63, 3.8) is 0 Å². The summed E-state index contributed by atoms with van der Waals surface area (Å²) >= 11 is 0. The van der Waals surface area contributed by atoms with Gasteiger partial charge >= 0.3 is 0 Å². The van der Waals surface area contributed by atoms with E-state index in [1.807, 2.05) is 0 Å². The van der Waals surface area contributed by atoms with Crippen LogP contribution in [-0.4, -0.2) is 4.57 Å². The lowest BCUT2D eigenvalue weighted by Crippen LogP contribution is -2.09. The van der Waals surface area contributed by atoms with Crippen LogP contribution < -0.4 is 4.90 Å². The lowest BCUT2D eigenvalue weighted by atomic mass is 10.1. The van der Waals surface area contributed by atoms with E-state index in [1.54, 1.807) is 0 Å². The number of para-hydroxylation sites is 2. The minimum absolute atomic E-state index is 0.929. The van der Waals surface area contributed by atoms with Gasteiger partial charge in [0.1, 0.15) is 0 Å². The van der Waals surface area contributed by atoms with Gasteiger partial charge in [0.05, 0.1) is 5.52 Å². The summed E-state index contributed by atoms with van der Waals surface area (Å²) in [4.78, 5) is 2.33. The number of hydrogen-bond acceptors (Lipinski definition) is 1. The molecule has 0 aliphatic heterocycles. The molecule has 2 heteroatoms. The average Bonchev–Trinajstić information content (AvgIpc) is 3.12. The van der Waals surface area contributed by atoms with Gasteiger partial charge < -0.3 is 9.47 Å². The van der Waals surface area contributed by atoms with Crippen LogP contribution in [0.2, 0.25) is 0 Å². The molecule has 0 atom stereocenters. The number of nitrogens with zero attached hydrogens (tertiary/aromatic N) is 2. The van der Waals surface area contributed by atoms with Crippen LogP contribution in [0.5, 0.6) is 0 Å². The number of allylic oxidation sites excluding steroid dienone is 1. The summed E-state index contributed by atoms with van der Waals surface area (Å²) in [5, 5.41) is 2.61. The smallest absolute Gasteiger partial charge is 0.0512 e. The monoisotopic (exact) mass is 416 g/mol. The van der Waals surface area contributed by atoms with Gasteiger partial charge in [0.2, 0.25) is 0 Å². The van der Waals surface area contributed by atoms with Crippen LogP contribution in [-0.2, 0) is 6.54 Å². The van der Waals surface area contributed by atoms with Gasteiger partial charge in [0, 0.05) is 39.9 Å². The van der Waals surface area contributed by atoms with E-state index in [0.717, 1.165) is 23.6 Å². The highest BCUT2D eigenvalue weighted by atomic mass is 15.1. The molecule has 0 bridgehead atoms. The molecule has 0 saturated carbocycles. The molecule has 158 valence electrons. The maximum Gasteiger partial charge on any atom is 0.0512 e. The topological polar surface area (TPSA) is 8.17 Å². The zero-order valence-electron chi connectivity index (χ0n) is 18.9. The molecule has 5 aromatic rings. The molecule has 0 unspecified atom stereocenters. The van der Waals surface area contributed by atoms with Gasteiger partial charge in [0.25, 0.3) is 0 Å². The molecular weight excluding hydrogens is 388 g/mol. The van der Waals surface area contributed by atoms with Crippen LogP contribution in [0.3, 0.4) is 0 Å². The molecule has 0 aliphatic rings. The minimum Gasteiger partial charge on any atom is -0.341 e. The van der Waals surface area contributed by atoms with Crippen LogP contribution in [0.4, 0.5) is 17.1 Å². The zero-order chi connectivity index (χ0) is 22.1. The lowest BCUT2D eigenvalue weighted by molar-refractivity contribution is 0.827. The highest BCUT2D eigenvalue weighted by Crippen LogP contribution is 2.38. The van der Waals surface area contributed by atoms with Gasteiger partial charge in [-0.1, -0.05) is 66.2 Å². The maximum absolute atomic E-state index is 2.44. The fraction of sp³-hybridized carbons (Fsp3) is 0.133. The quantitative estimate of drug-likeness (QED) is 0.278. The molecule has 1 heterocycles. The molecule has 5 rings (SSSR count). The first-order chi connectivity index (χ1) is 15.7. The Morgan fingerprint density at radius 1 is 0.688 bits per heavy atom. The van der Waals surface area contributed by atoms with E-state index in [-0.39, 0.29) is 0 Å². The third kappa shape index (κ3) is 3.58. The van der Waals surface area contributed by atoms with Crippen LogP contribution in [0, 0.1) is 0 Å². The molecular formula is C30H28N2. The molecule has 0 aliphatic carbocycles. The number of benzene rings is 4. The number of aromatic nitrogens is 1. The van der Waals surface area contributed by atoms with Crippen LogP contribution in [0.25, 0.3) is 27.9 Å². The lowest BCUT2D eigenvalue weighted by Gasteiger charge is -2.25. The first kappa shape index (κ1) is 20.1. The van der Waals surface area contributed by atoms with E-state index in [9.17, 15) is 0 Å². The van der Waals surface area contributed by atoms with E-state index in [2.05, 4.69) is 133 Å². The van der Waals surface area contributed by atoms with Crippen LogP contribution in [0.15, 0.2) is 103 Å². The predicted octanol–water partition coefficient (Wildman–Crippen LogP) is 8.71. The van der Waals surface area contributed by atoms with E-state index >= 15 is 0 Å². The molecule has 4 aromatic carbocycles. The van der Waals surface area contributed by atoms with Gasteiger partial charge in [0.15, 0.2) is 0 Å². The zero-order valence-corrected chi connectivity index (χ0v) is 18.9. The summed E-state index contributed by atoms with van der Waals surface area (Å²) in [6.07, 6.45) is 2.25.